The molecule has 0 heterocycles. The Morgan fingerprint density at radius 2 is 2.09 bits per heavy atom. The highest BCUT2D eigenvalue weighted by Gasteiger charge is 2.23. The molecule has 1 N–H and O–H groups in total. The number of rotatable bonds is 5. The number of carbonyl (C=O) groups excluding carboxylic acids is 1. The van der Waals surface area contributed by atoms with Gasteiger partial charge in [0.15, 0.2) is 0 Å². The molecular formula is C19H30N2O2. The summed E-state index contributed by atoms with van der Waals surface area (Å²) in [6.07, 6.45) is 2.06. The summed E-state index contributed by atoms with van der Waals surface area (Å²) < 4.78 is 5.39. The van der Waals surface area contributed by atoms with E-state index in [9.17, 15) is 4.79 Å². The smallest absolute Gasteiger partial charge is 0.410 e. The second-order valence-electron chi connectivity index (χ2n) is 7.66. The van der Waals surface area contributed by atoms with Gasteiger partial charge < -0.3 is 15.0 Å². The Balaban J connectivity index is 1.77. The van der Waals surface area contributed by atoms with Gasteiger partial charge in [0.05, 0.1) is 0 Å². The molecule has 1 aliphatic carbocycles. The summed E-state index contributed by atoms with van der Waals surface area (Å²) in [5, 5.41) is 3.65. The molecule has 0 bridgehead atoms. The SMILES string of the molecule is CC(CNC1CCc2ccccc21)CN(C)C(=O)OC(C)(C)C. The average molecular weight is 318 g/mol. The van der Waals surface area contributed by atoms with Crippen molar-refractivity contribution in [1.82, 2.24) is 10.2 Å². The molecule has 1 aromatic carbocycles. The van der Waals surface area contributed by atoms with Crippen LogP contribution in [0.25, 0.3) is 0 Å². The number of ether oxygens (including phenoxy) is 1. The second-order valence-corrected chi connectivity index (χ2v) is 7.66. The molecule has 128 valence electrons. The molecule has 1 aromatic rings. The Labute approximate surface area is 140 Å². The summed E-state index contributed by atoms with van der Waals surface area (Å²) in [4.78, 5) is 13.7. The Hall–Kier alpha value is -1.55. The molecule has 0 aliphatic heterocycles. The Bertz CT molecular complexity index is 536. The molecule has 4 nitrogen and oxygen atoms in total. The van der Waals surface area contributed by atoms with E-state index in [0.717, 1.165) is 19.4 Å². The first-order chi connectivity index (χ1) is 10.8. The maximum Gasteiger partial charge on any atom is 0.410 e. The van der Waals surface area contributed by atoms with E-state index < -0.39 is 5.60 Å². The van der Waals surface area contributed by atoms with E-state index in [1.54, 1.807) is 11.9 Å². The second kappa shape index (κ2) is 7.35. The number of amides is 1. The minimum atomic E-state index is -0.444. The van der Waals surface area contributed by atoms with Gasteiger partial charge in [0.25, 0.3) is 0 Å². The summed E-state index contributed by atoms with van der Waals surface area (Å²) >= 11 is 0. The van der Waals surface area contributed by atoms with E-state index >= 15 is 0 Å². The van der Waals surface area contributed by atoms with Gasteiger partial charge in [-0.05, 0) is 57.2 Å². The minimum Gasteiger partial charge on any atom is -0.444 e. The van der Waals surface area contributed by atoms with Crippen LogP contribution < -0.4 is 5.32 Å². The van der Waals surface area contributed by atoms with Gasteiger partial charge in [-0.1, -0.05) is 31.2 Å². The van der Waals surface area contributed by atoms with Crippen molar-refractivity contribution < 1.29 is 9.53 Å². The highest BCUT2D eigenvalue weighted by Crippen LogP contribution is 2.30. The van der Waals surface area contributed by atoms with Gasteiger partial charge in [-0.15, -0.1) is 0 Å². The lowest BCUT2D eigenvalue weighted by molar-refractivity contribution is 0.0276. The predicted molar refractivity (Wildman–Crippen MR) is 93.5 cm³/mol. The van der Waals surface area contributed by atoms with Crippen molar-refractivity contribution in [3.8, 4) is 0 Å². The van der Waals surface area contributed by atoms with Crippen LogP contribution in [0.5, 0.6) is 0 Å². The van der Waals surface area contributed by atoms with Gasteiger partial charge in [0.1, 0.15) is 5.60 Å². The molecule has 1 aliphatic rings. The fourth-order valence-corrected chi connectivity index (χ4v) is 3.06. The standard InChI is InChI=1S/C19H30N2O2/c1-14(13-21(5)18(22)23-19(2,3)4)12-20-17-11-10-15-8-6-7-9-16(15)17/h6-9,14,17,20H,10-13H2,1-5H3. The summed E-state index contributed by atoms with van der Waals surface area (Å²) in [7, 11) is 1.80. The maximum absolute atomic E-state index is 12.0. The molecule has 23 heavy (non-hydrogen) atoms. The normalized spacial score (nSPS) is 18.4. The molecular weight excluding hydrogens is 288 g/mol. The first kappa shape index (κ1) is 17.8. The lowest BCUT2D eigenvalue weighted by Gasteiger charge is -2.27. The third-order valence-electron chi connectivity index (χ3n) is 4.14. The number of aryl methyl sites for hydroxylation is 1. The topological polar surface area (TPSA) is 41.6 Å². The number of hydrogen-bond donors (Lipinski definition) is 1. The van der Waals surface area contributed by atoms with Crippen LogP contribution >= 0.6 is 0 Å². The number of hydrogen-bond acceptors (Lipinski definition) is 3. The van der Waals surface area contributed by atoms with E-state index in [2.05, 4.69) is 36.5 Å². The number of nitrogens with one attached hydrogen (secondary N) is 1. The van der Waals surface area contributed by atoms with Crippen LogP contribution in [-0.2, 0) is 11.2 Å². The van der Waals surface area contributed by atoms with Crippen LogP contribution in [0.4, 0.5) is 4.79 Å². The fraction of sp³-hybridized carbons (Fsp3) is 0.632. The molecule has 4 heteroatoms. The number of fused-ring (bicyclic) bond motifs is 1. The van der Waals surface area contributed by atoms with Crippen molar-refractivity contribution >= 4 is 6.09 Å². The van der Waals surface area contributed by atoms with Crippen LogP contribution in [0, 0.1) is 5.92 Å². The third kappa shape index (κ3) is 5.24. The Morgan fingerprint density at radius 3 is 2.78 bits per heavy atom. The summed E-state index contributed by atoms with van der Waals surface area (Å²) in [5.74, 6) is 0.375. The molecule has 0 aromatic heterocycles. The summed E-state index contributed by atoms with van der Waals surface area (Å²) in [6.45, 7) is 9.42. The zero-order chi connectivity index (χ0) is 17.0. The van der Waals surface area contributed by atoms with Crippen LogP contribution in [0.15, 0.2) is 24.3 Å². The molecule has 1 amide bonds. The summed E-state index contributed by atoms with van der Waals surface area (Å²) in [5.41, 5.74) is 2.45. The van der Waals surface area contributed by atoms with Crippen molar-refractivity contribution in [3.63, 3.8) is 0 Å². The molecule has 0 saturated heterocycles. The lowest BCUT2D eigenvalue weighted by atomic mass is 10.1. The van der Waals surface area contributed by atoms with Gasteiger partial charge in [0.2, 0.25) is 0 Å². The summed E-state index contributed by atoms with van der Waals surface area (Å²) in [6, 6.07) is 9.10. The van der Waals surface area contributed by atoms with E-state index in [4.69, 9.17) is 4.74 Å². The molecule has 2 atom stereocenters. The largest absolute Gasteiger partial charge is 0.444 e. The van der Waals surface area contributed by atoms with Crippen molar-refractivity contribution in [2.45, 2.75) is 52.2 Å². The highest BCUT2D eigenvalue weighted by atomic mass is 16.6. The highest BCUT2D eigenvalue weighted by molar-refractivity contribution is 5.67. The van der Waals surface area contributed by atoms with Crippen molar-refractivity contribution in [3.05, 3.63) is 35.4 Å². The fourth-order valence-electron chi connectivity index (χ4n) is 3.06. The Morgan fingerprint density at radius 1 is 1.39 bits per heavy atom. The van der Waals surface area contributed by atoms with E-state index in [1.165, 1.54) is 11.1 Å². The van der Waals surface area contributed by atoms with Gasteiger partial charge in [0, 0.05) is 19.6 Å². The lowest BCUT2D eigenvalue weighted by Crippen LogP contribution is -2.38. The molecule has 0 saturated carbocycles. The van der Waals surface area contributed by atoms with Crippen molar-refractivity contribution in [1.29, 1.82) is 0 Å². The first-order valence-electron chi connectivity index (χ1n) is 8.51. The quantitative estimate of drug-likeness (QED) is 0.898. The molecule has 0 fully saturated rings. The van der Waals surface area contributed by atoms with Crippen LogP contribution in [-0.4, -0.2) is 36.7 Å². The zero-order valence-electron chi connectivity index (χ0n) is 15.1. The van der Waals surface area contributed by atoms with Crippen LogP contribution in [0.3, 0.4) is 0 Å². The van der Waals surface area contributed by atoms with Gasteiger partial charge in [-0.3, -0.25) is 0 Å². The monoisotopic (exact) mass is 318 g/mol. The number of nitrogens with zero attached hydrogens (tertiary/aromatic N) is 1. The first-order valence-corrected chi connectivity index (χ1v) is 8.51. The van der Waals surface area contributed by atoms with Crippen LogP contribution in [0.2, 0.25) is 0 Å². The van der Waals surface area contributed by atoms with E-state index in [-0.39, 0.29) is 6.09 Å². The van der Waals surface area contributed by atoms with E-state index in [1.807, 2.05) is 20.8 Å². The van der Waals surface area contributed by atoms with Gasteiger partial charge >= 0.3 is 6.09 Å². The van der Waals surface area contributed by atoms with Crippen molar-refractivity contribution in [2.24, 2.45) is 5.92 Å². The number of carbonyl (C=O) groups is 1. The molecule has 2 rings (SSSR count). The maximum atomic E-state index is 12.0. The minimum absolute atomic E-state index is 0.254. The Kier molecular flexibility index (Phi) is 5.69. The third-order valence-corrected chi connectivity index (χ3v) is 4.14. The average Bonchev–Trinajstić information content (AvgIpc) is 2.86. The van der Waals surface area contributed by atoms with Crippen LogP contribution in [0.1, 0.15) is 51.3 Å². The van der Waals surface area contributed by atoms with Crippen molar-refractivity contribution in [2.75, 3.05) is 20.1 Å². The predicted octanol–water partition coefficient (Wildman–Crippen LogP) is 3.77. The van der Waals surface area contributed by atoms with Gasteiger partial charge in [-0.25, -0.2) is 4.79 Å². The molecule has 0 radical (unpaired) electrons. The zero-order valence-corrected chi connectivity index (χ0v) is 15.1. The molecule has 0 spiro atoms. The van der Waals surface area contributed by atoms with E-state index in [0.29, 0.717) is 18.5 Å². The number of benzene rings is 1. The van der Waals surface area contributed by atoms with Gasteiger partial charge in [-0.2, -0.15) is 0 Å². The molecule has 2 unspecified atom stereocenters.